The Morgan fingerprint density at radius 3 is 2.73 bits per heavy atom. The molecule has 3 aromatic rings. The molecule has 1 aromatic carbocycles. The lowest BCUT2D eigenvalue weighted by Gasteiger charge is -2.32. The molecule has 1 fully saturated rings. The van der Waals surface area contributed by atoms with Gasteiger partial charge in [0.05, 0.1) is 5.92 Å². The fourth-order valence-electron chi connectivity index (χ4n) is 4.16. The van der Waals surface area contributed by atoms with Crippen LogP contribution in [0.25, 0.3) is 5.65 Å². The van der Waals surface area contributed by atoms with E-state index in [4.69, 9.17) is 0 Å². The van der Waals surface area contributed by atoms with E-state index in [0.29, 0.717) is 31.6 Å². The molecule has 4 rings (SSSR count). The summed E-state index contributed by atoms with van der Waals surface area (Å²) in [6.07, 6.45) is 4.17. The van der Waals surface area contributed by atoms with Gasteiger partial charge in [0.15, 0.2) is 5.65 Å². The van der Waals surface area contributed by atoms with Gasteiger partial charge in [0.2, 0.25) is 5.91 Å². The molecule has 0 saturated carbocycles. The van der Waals surface area contributed by atoms with Gasteiger partial charge >= 0.3 is 0 Å². The first kappa shape index (κ1) is 20.1. The zero-order valence-corrected chi connectivity index (χ0v) is 17.5. The summed E-state index contributed by atoms with van der Waals surface area (Å²) in [4.78, 5) is 27.5. The molecule has 7 heteroatoms. The SMILES string of the molecule is Cc1cc(C)cc(C(=O)N2CCC[C@H](C(=O)NCCc3nnc4ccccn34)C2)c1. The Labute approximate surface area is 176 Å². The molecule has 1 atom stereocenters. The fourth-order valence-corrected chi connectivity index (χ4v) is 4.16. The summed E-state index contributed by atoms with van der Waals surface area (Å²) in [5.41, 5.74) is 3.65. The fraction of sp³-hybridized carbons (Fsp3) is 0.391. The van der Waals surface area contributed by atoms with Crippen LogP contribution < -0.4 is 5.32 Å². The number of hydrogen-bond acceptors (Lipinski definition) is 4. The van der Waals surface area contributed by atoms with Gasteiger partial charge in [-0.1, -0.05) is 23.3 Å². The molecule has 2 amide bonds. The van der Waals surface area contributed by atoms with E-state index in [9.17, 15) is 9.59 Å². The third-order valence-electron chi connectivity index (χ3n) is 5.58. The number of rotatable bonds is 5. The average molecular weight is 406 g/mol. The van der Waals surface area contributed by atoms with Crippen LogP contribution in [0.15, 0.2) is 42.6 Å². The summed E-state index contributed by atoms with van der Waals surface area (Å²) in [6.45, 7) is 5.65. The lowest BCUT2D eigenvalue weighted by Crippen LogP contribution is -2.45. The molecule has 30 heavy (non-hydrogen) atoms. The third-order valence-corrected chi connectivity index (χ3v) is 5.58. The van der Waals surface area contributed by atoms with Gasteiger partial charge in [-0.25, -0.2) is 0 Å². The minimum Gasteiger partial charge on any atom is -0.355 e. The lowest BCUT2D eigenvalue weighted by atomic mass is 9.96. The van der Waals surface area contributed by atoms with E-state index in [1.807, 2.05) is 59.7 Å². The maximum atomic E-state index is 12.9. The molecule has 1 aliphatic rings. The van der Waals surface area contributed by atoms with Crippen LogP contribution in [0.1, 0.15) is 40.2 Å². The monoisotopic (exact) mass is 405 g/mol. The molecule has 156 valence electrons. The minimum absolute atomic E-state index is 0.00161. The number of amides is 2. The third kappa shape index (κ3) is 4.35. The highest BCUT2D eigenvalue weighted by molar-refractivity contribution is 5.95. The Balaban J connectivity index is 1.33. The summed E-state index contributed by atoms with van der Waals surface area (Å²) in [7, 11) is 0. The van der Waals surface area contributed by atoms with Crippen molar-refractivity contribution < 1.29 is 9.59 Å². The summed E-state index contributed by atoms with van der Waals surface area (Å²) in [6, 6.07) is 11.6. The van der Waals surface area contributed by atoms with Gasteiger partial charge in [0, 0.05) is 37.8 Å². The molecule has 0 spiro atoms. The molecule has 1 N–H and O–H groups in total. The second-order valence-electron chi connectivity index (χ2n) is 8.05. The van der Waals surface area contributed by atoms with E-state index >= 15 is 0 Å². The molecule has 1 aliphatic heterocycles. The van der Waals surface area contributed by atoms with Gasteiger partial charge in [0.1, 0.15) is 5.82 Å². The number of carbonyl (C=O) groups excluding carboxylic acids is 2. The van der Waals surface area contributed by atoms with E-state index in [0.717, 1.165) is 35.4 Å². The molecule has 2 aromatic heterocycles. The number of carbonyl (C=O) groups is 2. The molecule has 1 saturated heterocycles. The molecule has 7 nitrogen and oxygen atoms in total. The number of nitrogens with zero attached hydrogens (tertiary/aromatic N) is 4. The first-order chi connectivity index (χ1) is 14.5. The molecule has 3 heterocycles. The highest BCUT2D eigenvalue weighted by Crippen LogP contribution is 2.20. The van der Waals surface area contributed by atoms with E-state index in [1.165, 1.54) is 0 Å². The zero-order valence-electron chi connectivity index (χ0n) is 17.5. The molecular weight excluding hydrogens is 378 g/mol. The van der Waals surface area contributed by atoms with E-state index in [-0.39, 0.29) is 17.7 Å². The Kier molecular flexibility index (Phi) is 5.79. The van der Waals surface area contributed by atoms with E-state index in [1.54, 1.807) is 0 Å². The lowest BCUT2D eigenvalue weighted by molar-refractivity contribution is -0.126. The number of aromatic nitrogens is 3. The smallest absolute Gasteiger partial charge is 0.253 e. The van der Waals surface area contributed by atoms with Gasteiger partial charge in [-0.2, -0.15) is 0 Å². The van der Waals surface area contributed by atoms with Crippen molar-refractivity contribution in [2.45, 2.75) is 33.1 Å². The number of benzene rings is 1. The van der Waals surface area contributed by atoms with Crippen LogP contribution in [0.3, 0.4) is 0 Å². The normalized spacial score (nSPS) is 16.6. The average Bonchev–Trinajstić information content (AvgIpc) is 3.16. The number of hydrogen-bond donors (Lipinski definition) is 1. The summed E-state index contributed by atoms with van der Waals surface area (Å²) in [5.74, 6) is 0.654. The van der Waals surface area contributed by atoms with Crippen LogP contribution >= 0.6 is 0 Å². The number of likely N-dealkylation sites (tertiary alicyclic amines) is 1. The van der Waals surface area contributed by atoms with E-state index < -0.39 is 0 Å². The Hall–Kier alpha value is -3.22. The predicted octanol–water partition coefficient (Wildman–Crippen LogP) is 2.56. The largest absolute Gasteiger partial charge is 0.355 e. The second-order valence-corrected chi connectivity index (χ2v) is 8.05. The molecular formula is C23H27N5O2. The van der Waals surface area contributed by atoms with Gasteiger partial charge in [0.25, 0.3) is 5.91 Å². The maximum Gasteiger partial charge on any atom is 0.253 e. The first-order valence-electron chi connectivity index (χ1n) is 10.4. The van der Waals surface area contributed by atoms with Crippen molar-refractivity contribution in [3.63, 3.8) is 0 Å². The van der Waals surface area contributed by atoms with Crippen LogP contribution in [-0.2, 0) is 11.2 Å². The molecule has 0 unspecified atom stereocenters. The van der Waals surface area contributed by atoms with E-state index in [2.05, 4.69) is 21.6 Å². The maximum absolute atomic E-state index is 12.9. The van der Waals surface area contributed by atoms with Crippen LogP contribution in [0.4, 0.5) is 0 Å². The molecule has 0 aliphatic carbocycles. The van der Waals surface area contributed by atoms with Crippen LogP contribution in [0.5, 0.6) is 0 Å². The molecule has 0 bridgehead atoms. The number of fused-ring (bicyclic) bond motifs is 1. The highest BCUT2D eigenvalue weighted by Gasteiger charge is 2.29. The first-order valence-corrected chi connectivity index (χ1v) is 10.4. The predicted molar refractivity (Wildman–Crippen MR) is 114 cm³/mol. The summed E-state index contributed by atoms with van der Waals surface area (Å²) >= 11 is 0. The van der Waals surface area contributed by atoms with Crippen molar-refractivity contribution >= 4 is 17.5 Å². The number of piperidine rings is 1. The van der Waals surface area contributed by atoms with Gasteiger partial charge in [-0.15, -0.1) is 10.2 Å². The minimum atomic E-state index is -0.177. The Morgan fingerprint density at radius 1 is 1.13 bits per heavy atom. The van der Waals surface area contributed by atoms with Gasteiger partial charge in [-0.05, 0) is 51.0 Å². The summed E-state index contributed by atoms with van der Waals surface area (Å²) in [5, 5.41) is 11.3. The topological polar surface area (TPSA) is 79.6 Å². The summed E-state index contributed by atoms with van der Waals surface area (Å²) < 4.78 is 1.93. The van der Waals surface area contributed by atoms with Crippen molar-refractivity contribution in [3.05, 3.63) is 65.1 Å². The second kappa shape index (κ2) is 8.65. The van der Waals surface area contributed by atoms with Crippen molar-refractivity contribution in [1.82, 2.24) is 24.8 Å². The van der Waals surface area contributed by atoms with Crippen LogP contribution in [-0.4, -0.2) is 50.9 Å². The standard InChI is InChI=1S/C23H27N5O2/c1-16-12-17(2)14-19(13-16)23(30)27-10-5-6-18(15-27)22(29)24-9-8-21-26-25-20-7-3-4-11-28(20)21/h3-4,7,11-14,18H,5-6,8-10,15H2,1-2H3,(H,24,29)/t18-/m0/s1. The molecule has 0 radical (unpaired) electrons. The van der Waals surface area contributed by atoms with Crippen molar-refractivity contribution in [3.8, 4) is 0 Å². The Bertz CT molecular complexity index is 1050. The van der Waals surface area contributed by atoms with Gasteiger partial charge < -0.3 is 10.2 Å². The highest BCUT2D eigenvalue weighted by atomic mass is 16.2. The number of pyridine rings is 1. The van der Waals surface area contributed by atoms with Crippen LogP contribution in [0.2, 0.25) is 0 Å². The number of nitrogens with one attached hydrogen (secondary N) is 1. The van der Waals surface area contributed by atoms with Crippen molar-refractivity contribution in [2.24, 2.45) is 5.92 Å². The van der Waals surface area contributed by atoms with Crippen LogP contribution in [0, 0.1) is 19.8 Å². The van der Waals surface area contributed by atoms with Crippen molar-refractivity contribution in [1.29, 1.82) is 0 Å². The Morgan fingerprint density at radius 2 is 1.93 bits per heavy atom. The van der Waals surface area contributed by atoms with Crippen molar-refractivity contribution in [2.75, 3.05) is 19.6 Å². The van der Waals surface area contributed by atoms with Gasteiger partial charge in [-0.3, -0.25) is 14.0 Å². The number of aryl methyl sites for hydroxylation is 2. The zero-order chi connectivity index (χ0) is 21.1. The quantitative estimate of drug-likeness (QED) is 0.708.